The monoisotopic (exact) mass is 434 g/mol. The standard InChI is InChI=1S/C24H26N4O2S/c1-27(23(25)29)19-5-4-17-10-11-28(15-18(17)13-19)24-26-14-22(31-24)12-16-2-6-20(7-3-16)30-21-8-9-21/h2-7,13-14,21H,8-12,15H2,1H3,(H2,25,29). The lowest BCUT2D eigenvalue weighted by molar-refractivity contribution is 0.255. The number of urea groups is 1. The topological polar surface area (TPSA) is 71.7 Å². The molecule has 160 valence electrons. The Bertz CT molecular complexity index is 1090. The van der Waals surface area contributed by atoms with Crippen molar-refractivity contribution in [3.63, 3.8) is 0 Å². The largest absolute Gasteiger partial charge is 0.490 e. The van der Waals surface area contributed by atoms with Gasteiger partial charge in [-0.25, -0.2) is 9.78 Å². The SMILES string of the molecule is CN(C(N)=O)c1ccc2c(c1)CN(c1ncc(Cc3ccc(OC4CC4)cc3)s1)CC2. The number of hydrogen-bond acceptors (Lipinski definition) is 5. The van der Waals surface area contributed by atoms with Gasteiger partial charge in [-0.2, -0.15) is 0 Å². The van der Waals surface area contributed by atoms with Crippen molar-refractivity contribution in [2.24, 2.45) is 5.73 Å². The van der Waals surface area contributed by atoms with Crippen molar-refractivity contribution < 1.29 is 9.53 Å². The van der Waals surface area contributed by atoms with Crippen LogP contribution >= 0.6 is 11.3 Å². The van der Waals surface area contributed by atoms with Crippen LogP contribution in [0.4, 0.5) is 15.6 Å². The van der Waals surface area contributed by atoms with Gasteiger partial charge in [0.15, 0.2) is 5.13 Å². The molecule has 3 aromatic rings. The van der Waals surface area contributed by atoms with Crippen molar-refractivity contribution in [2.45, 2.75) is 38.3 Å². The van der Waals surface area contributed by atoms with Crippen LogP contribution in [-0.4, -0.2) is 30.7 Å². The first kappa shape index (κ1) is 19.9. The third-order valence-corrected chi connectivity index (χ3v) is 6.92. The van der Waals surface area contributed by atoms with Gasteiger partial charge in [-0.3, -0.25) is 4.90 Å². The van der Waals surface area contributed by atoms with Gasteiger partial charge < -0.3 is 15.4 Å². The number of nitrogens with zero attached hydrogens (tertiary/aromatic N) is 3. The van der Waals surface area contributed by atoms with Gasteiger partial charge in [0.2, 0.25) is 0 Å². The Kier molecular flexibility index (Phi) is 5.28. The summed E-state index contributed by atoms with van der Waals surface area (Å²) in [5.41, 5.74) is 10.1. The van der Waals surface area contributed by atoms with Crippen LogP contribution in [0, 0.1) is 0 Å². The maximum Gasteiger partial charge on any atom is 0.318 e. The maximum atomic E-state index is 11.5. The van der Waals surface area contributed by atoms with E-state index in [4.69, 9.17) is 15.5 Å². The summed E-state index contributed by atoms with van der Waals surface area (Å²) >= 11 is 1.75. The number of aromatic nitrogens is 1. The molecule has 0 atom stereocenters. The molecule has 31 heavy (non-hydrogen) atoms. The summed E-state index contributed by atoms with van der Waals surface area (Å²) in [6.07, 6.45) is 6.61. The van der Waals surface area contributed by atoms with Gasteiger partial charge in [0.05, 0.1) is 6.10 Å². The first-order valence-electron chi connectivity index (χ1n) is 10.7. The first-order valence-corrected chi connectivity index (χ1v) is 11.5. The van der Waals surface area contributed by atoms with Crippen LogP contribution in [0.1, 0.15) is 34.4 Å². The van der Waals surface area contributed by atoms with Crippen molar-refractivity contribution >= 4 is 28.2 Å². The Balaban J connectivity index is 1.26. The number of fused-ring (bicyclic) bond motifs is 1. The van der Waals surface area contributed by atoms with E-state index in [0.29, 0.717) is 6.10 Å². The third kappa shape index (κ3) is 4.51. The summed E-state index contributed by atoms with van der Waals surface area (Å²) < 4.78 is 5.83. The maximum absolute atomic E-state index is 11.5. The highest BCUT2D eigenvalue weighted by Crippen LogP contribution is 2.31. The van der Waals surface area contributed by atoms with Crippen molar-refractivity contribution in [1.82, 2.24) is 4.98 Å². The molecule has 2 amide bonds. The van der Waals surface area contributed by atoms with Gasteiger partial charge >= 0.3 is 6.03 Å². The first-order chi connectivity index (χ1) is 15.0. The van der Waals surface area contributed by atoms with E-state index in [1.807, 2.05) is 12.3 Å². The molecule has 0 saturated heterocycles. The van der Waals surface area contributed by atoms with Crippen LogP contribution in [0.25, 0.3) is 0 Å². The number of carbonyl (C=O) groups is 1. The van der Waals surface area contributed by atoms with E-state index in [1.165, 1.54) is 39.3 Å². The zero-order chi connectivity index (χ0) is 21.4. The van der Waals surface area contributed by atoms with E-state index < -0.39 is 6.03 Å². The number of thiazole rings is 1. The number of ether oxygens (including phenoxy) is 1. The molecule has 5 rings (SSSR count). The van der Waals surface area contributed by atoms with Crippen molar-refractivity contribution in [3.8, 4) is 5.75 Å². The Morgan fingerprint density at radius 1 is 1.23 bits per heavy atom. The Morgan fingerprint density at radius 2 is 2.03 bits per heavy atom. The molecule has 1 aliphatic heterocycles. The van der Waals surface area contributed by atoms with Crippen LogP contribution in [-0.2, 0) is 19.4 Å². The molecule has 0 unspecified atom stereocenters. The number of nitrogens with two attached hydrogens (primary N) is 1. The molecule has 2 heterocycles. The molecule has 2 N–H and O–H groups in total. The van der Waals surface area contributed by atoms with Crippen LogP contribution in [0.3, 0.4) is 0 Å². The van der Waals surface area contributed by atoms with Crippen LogP contribution in [0.5, 0.6) is 5.75 Å². The minimum absolute atomic E-state index is 0.428. The second kappa shape index (κ2) is 8.23. The molecule has 0 radical (unpaired) electrons. The van der Waals surface area contributed by atoms with Gasteiger partial charge in [0.1, 0.15) is 5.75 Å². The van der Waals surface area contributed by atoms with Gasteiger partial charge in [-0.05, 0) is 60.2 Å². The highest BCUT2D eigenvalue weighted by molar-refractivity contribution is 7.15. The second-order valence-corrected chi connectivity index (χ2v) is 9.36. The molecule has 1 saturated carbocycles. The molecule has 0 bridgehead atoms. The molecule has 1 fully saturated rings. The number of hydrogen-bond donors (Lipinski definition) is 1. The summed E-state index contributed by atoms with van der Waals surface area (Å²) in [4.78, 5) is 21.2. The molecular formula is C24H26N4O2S. The van der Waals surface area contributed by atoms with Crippen LogP contribution in [0.15, 0.2) is 48.7 Å². The predicted molar refractivity (Wildman–Crippen MR) is 124 cm³/mol. The minimum Gasteiger partial charge on any atom is -0.490 e. The summed E-state index contributed by atoms with van der Waals surface area (Å²) in [5.74, 6) is 0.963. The van der Waals surface area contributed by atoms with E-state index >= 15 is 0 Å². The van der Waals surface area contributed by atoms with Crippen LogP contribution < -0.4 is 20.3 Å². The quantitative estimate of drug-likeness (QED) is 0.626. The molecule has 1 aliphatic carbocycles. The van der Waals surface area contributed by atoms with Gasteiger partial charge in [-0.15, -0.1) is 11.3 Å². The van der Waals surface area contributed by atoms with E-state index in [9.17, 15) is 4.79 Å². The molecular weight excluding hydrogens is 408 g/mol. The zero-order valence-corrected chi connectivity index (χ0v) is 18.4. The van der Waals surface area contributed by atoms with Crippen molar-refractivity contribution in [3.05, 3.63) is 70.2 Å². The predicted octanol–water partition coefficient (Wildman–Crippen LogP) is 4.35. The normalized spacial score (nSPS) is 15.5. The minimum atomic E-state index is -0.454. The Morgan fingerprint density at radius 3 is 2.77 bits per heavy atom. The van der Waals surface area contributed by atoms with Gasteiger partial charge in [0.25, 0.3) is 0 Å². The zero-order valence-electron chi connectivity index (χ0n) is 17.6. The van der Waals surface area contributed by atoms with E-state index in [1.54, 1.807) is 18.4 Å². The summed E-state index contributed by atoms with van der Waals surface area (Å²) in [6, 6.07) is 14.1. The lowest BCUT2D eigenvalue weighted by Gasteiger charge is -2.29. The summed E-state index contributed by atoms with van der Waals surface area (Å²) in [7, 11) is 1.70. The fourth-order valence-corrected chi connectivity index (χ4v) is 4.80. The highest BCUT2D eigenvalue weighted by Gasteiger charge is 2.23. The molecule has 1 aromatic heterocycles. The molecule has 2 aliphatic rings. The smallest absolute Gasteiger partial charge is 0.318 e. The van der Waals surface area contributed by atoms with E-state index in [-0.39, 0.29) is 0 Å². The molecule has 0 spiro atoms. The molecule has 2 aromatic carbocycles. The lowest BCUT2D eigenvalue weighted by Crippen LogP contribution is -2.33. The van der Waals surface area contributed by atoms with Crippen LogP contribution in [0.2, 0.25) is 0 Å². The lowest BCUT2D eigenvalue weighted by atomic mass is 9.99. The van der Waals surface area contributed by atoms with Crippen molar-refractivity contribution in [2.75, 3.05) is 23.4 Å². The molecule has 6 nitrogen and oxygen atoms in total. The fraction of sp³-hybridized carbons (Fsp3) is 0.333. The number of anilines is 2. The second-order valence-electron chi connectivity index (χ2n) is 8.27. The highest BCUT2D eigenvalue weighted by atomic mass is 32.1. The Hall–Kier alpha value is -3.06. The molecule has 7 heteroatoms. The van der Waals surface area contributed by atoms with E-state index in [0.717, 1.165) is 42.5 Å². The number of amides is 2. The number of carbonyl (C=O) groups excluding carboxylic acids is 1. The summed E-state index contributed by atoms with van der Waals surface area (Å²) in [6.45, 7) is 1.73. The number of primary amides is 1. The van der Waals surface area contributed by atoms with E-state index in [2.05, 4.69) is 41.3 Å². The third-order valence-electron chi connectivity index (χ3n) is 5.86. The van der Waals surface area contributed by atoms with Gasteiger partial charge in [-0.1, -0.05) is 18.2 Å². The Labute approximate surface area is 186 Å². The fourth-order valence-electron chi connectivity index (χ4n) is 3.83. The van der Waals surface area contributed by atoms with Crippen molar-refractivity contribution in [1.29, 1.82) is 0 Å². The average molecular weight is 435 g/mol. The number of benzene rings is 2. The number of rotatable bonds is 6. The average Bonchev–Trinajstić information content (AvgIpc) is 3.48. The summed E-state index contributed by atoms with van der Waals surface area (Å²) in [5, 5.41) is 1.04. The van der Waals surface area contributed by atoms with Gasteiger partial charge in [0, 0.05) is 43.3 Å².